The third kappa shape index (κ3) is 6.25. The fraction of sp³-hybridized carbons (Fsp3) is 0.300. The van der Waals surface area contributed by atoms with Gasteiger partial charge in [-0.3, -0.25) is 15.6 Å². The number of benzene rings is 2. The zero-order valence-corrected chi connectivity index (χ0v) is 18.5. The molecule has 0 aliphatic carbocycles. The Morgan fingerprint density at radius 1 is 1.03 bits per heavy atom. The van der Waals surface area contributed by atoms with Crippen LogP contribution < -0.4 is 20.9 Å². The molecule has 0 heterocycles. The molecule has 9 heteroatoms. The van der Waals surface area contributed by atoms with Crippen LogP contribution in [0.1, 0.15) is 41.8 Å². The van der Waals surface area contributed by atoms with Gasteiger partial charge in [0, 0.05) is 17.3 Å². The number of sulfonamides is 1. The highest BCUT2D eigenvalue weighted by Gasteiger charge is 2.17. The van der Waals surface area contributed by atoms with Crippen LogP contribution in [0.3, 0.4) is 0 Å². The lowest BCUT2D eigenvalue weighted by Gasteiger charge is -2.15. The van der Waals surface area contributed by atoms with Crippen molar-refractivity contribution in [1.82, 2.24) is 15.6 Å². The molecule has 0 spiro atoms. The molecule has 2 rings (SSSR count). The first kappa shape index (κ1) is 22.8. The largest absolute Gasteiger partial charge is 0.331 e. The van der Waals surface area contributed by atoms with Crippen LogP contribution in [0.4, 0.5) is 5.69 Å². The third-order valence-electron chi connectivity index (χ3n) is 4.40. The summed E-state index contributed by atoms with van der Waals surface area (Å²) in [4.78, 5) is 12.4. The average molecular weight is 435 g/mol. The Morgan fingerprint density at radius 3 is 2.17 bits per heavy atom. The molecule has 1 atom stereocenters. The first-order valence-electron chi connectivity index (χ1n) is 9.20. The molecule has 156 valence electrons. The van der Waals surface area contributed by atoms with E-state index in [0.29, 0.717) is 12.0 Å². The van der Waals surface area contributed by atoms with E-state index in [1.807, 2.05) is 39.0 Å². The van der Waals surface area contributed by atoms with E-state index in [-0.39, 0.29) is 16.0 Å². The Bertz CT molecular complexity index is 969. The lowest BCUT2D eigenvalue weighted by Crippen LogP contribution is -2.43. The van der Waals surface area contributed by atoms with Gasteiger partial charge in [-0.15, -0.1) is 0 Å². The molecule has 1 unspecified atom stereocenters. The molecule has 0 bridgehead atoms. The highest BCUT2D eigenvalue weighted by molar-refractivity contribution is 7.89. The van der Waals surface area contributed by atoms with Crippen LogP contribution >= 0.6 is 12.2 Å². The van der Waals surface area contributed by atoms with Crippen molar-refractivity contribution < 1.29 is 13.2 Å². The Labute approximate surface area is 177 Å². The van der Waals surface area contributed by atoms with Crippen molar-refractivity contribution in [2.75, 3.05) is 5.32 Å². The fourth-order valence-corrected chi connectivity index (χ4v) is 4.02. The minimum absolute atomic E-state index is 0.106. The number of hydrogen-bond donors (Lipinski definition) is 4. The molecule has 0 saturated heterocycles. The molecule has 0 aliphatic heterocycles. The molecular formula is C20H26N4O3S2. The lowest BCUT2D eigenvalue weighted by molar-refractivity contribution is 0.0944. The van der Waals surface area contributed by atoms with E-state index < -0.39 is 15.9 Å². The number of hydrazine groups is 1. The SMILES string of the molecule is CCC(C)NS(=O)(=O)c1ccc(C(=O)NNC(=S)Nc2c(C)cccc2C)cc1. The molecule has 0 aromatic heterocycles. The maximum atomic E-state index is 12.3. The molecule has 4 N–H and O–H groups in total. The number of anilines is 1. The first-order chi connectivity index (χ1) is 13.6. The van der Waals surface area contributed by atoms with Crippen LogP contribution in [0.15, 0.2) is 47.4 Å². The standard InChI is InChI=1S/C20H26N4O3S2/c1-5-15(4)24-29(26,27)17-11-9-16(10-12-17)19(25)22-23-20(28)21-18-13(2)7-6-8-14(18)3/h6-12,15,24H,5H2,1-4H3,(H,22,25)(H2,21,23,28). The van der Waals surface area contributed by atoms with Gasteiger partial charge in [0.2, 0.25) is 10.0 Å². The van der Waals surface area contributed by atoms with E-state index in [4.69, 9.17) is 12.2 Å². The molecule has 2 aromatic rings. The van der Waals surface area contributed by atoms with E-state index in [9.17, 15) is 13.2 Å². The second kappa shape index (κ2) is 9.82. The van der Waals surface area contributed by atoms with Gasteiger partial charge < -0.3 is 5.32 Å². The summed E-state index contributed by atoms with van der Waals surface area (Å²) in [6, 6.07) is 11.4. The van der Waals surface area contributed by atoms with Gasteiger partial charge in [0.15, 0.2) is 5.11 Å². The maximum absolute atomic E-state index is 12.3. The predicted molar refractivity (Wildman–Crippen MR) is 119 cm³/mol. The number of nitrogens with one attached hydrogen (secondary N) is 4. The Balaban J connectivity index is 1.96. The smallest absolute Gasteiger partial charge is 0.269 e. The van der Waals surface area contributed by atoms with Gasteiger partial charge in [-0.25, -0.2) is 13.1 Å². The first-order valence-corrected chi connectivity index (χ1v) is 11.1. The van der Waals surface area contributed by atoms with Gasteiger partial charge in [0.05, 0.1) is 4.90 Å². The van der Waals surface area contributed by atoms with E-state index in [2.05, 4.69) is 20.9 Å². The summed E-state index contributed by atoms with van der Waals surface area (Å²) in [7, 11) is -3.61. The lowest BCUT2D eigenvalue weighted by atomic mass is 10.1. The van der Waals surface area contributed by atoms with Gasteiger partial charge in [-0.2, -0.15) is 0 Å². The topological polar surface area (TPSA) is 99.3 Å². The summed E-state index contributed by atoms with van der Waals surface area (Å²) < 4.78 is 27.1. The predicted octanol–water partition coefficient (Wildman–Crippen LogP) is 3.01. The zero-order valence-electron chi connectivity index (χ0n) is 16.9. The number of hydrogen-bond acceptors (Lipinski definition) is 4. The van der Waals surface area contributed by atoms with Crippen molar-refractivity contribution in [1.29, 1.82) is 0 Å². The van der Waals surface area contributed by atoms with Crippen molar-refractivity contribution in [3.05, 3.63) is 59.2 Å². The number of carbonyl (C=O) groups is 1. The van der Waals surface area contributed by atoms with E-state index in [0.717, 1.165) is 16.8 Å². The fourth-order valence-electron chi connectivity index (χ4n) is 2.54. The van der Waals surface area contributed by atoms with Gasteiger partial charge >= 0.3 is 0 Å². The van der Waals surface area contributed by atoms with Crippen LogP contribution in [0.5, 0.6) is 0 Å². The van der Waals surface area contributed by atoms with Crippen molar-refractivity contribution >= 4 is 38.9 Å². The number of thiocarbonyl (C=S) groups is 1. The van der Waals surface area contributed by atoms with Crippen molar-refractivity contribution in [3.63, 3.8) is 0 Å². The number of aryl methyl sites for hydroxylation is 2. The van der Waals surface area contributed by atoms with Crippen LogP contribution in [-0.4, -0.2) is 25.5 Å². The maximum Gasteiger partial charge on any atom is 0.269 e. The quantitative estimate of drug-likeness (QED) is 0.412. The van der Waals surface area contributed by atoms with E-state index in [1.54, 1.807) is 6.92 Å². The Kier molecular flexibility index (Phi) is 7.72. The van der Waals surface area contributed by atoms with Crippen molar-refractivity contribution in [3.8, 4) is 0 Å². The van der Waals surface area contributed by atoms with Crippen LogP contribution in [0.25, 0.3) is 0 Å². The normalized spacial score (nSPS) is 12.1. The van der Waals surface area contributed by atoms with Crippen molar-refractivity contribution in [2.24, 2.45) is 0 Å². The van der Waals surface area contributed by atoms with E-state index >= 15 is 0 Å². The summed E-state index contributed by atoms with van der Waals surface area (Å²) in [5.41, 5.74) is 8.39. The number of rotatable bonds is 6. The van der Waals surface area contributed by atoms with Crippen LogP contribution in [0, 0.1) is 13.8 Å². The highest BCUT2D eigenvalue weighted by Crippen LogP contribution is 2.19. The van der Waals surface area contributed by atoms with Crippen LogP contribution in [-0.2, 0) is 10.0 Å². The number of amides is 1. The Morgan fingerprint density at radius 2 is 1.62 bits per heavy atom. The molecule has 29 heavy (non-hydrogen) atoms. The van der Waals surface area contributed by atoms with Gasteiger partial charge in [0.25, 0.3) is 5.91 Å². The third-order valence-corrected chi connectivity index (χ3v) is 6.21. The highest BCUT2D eigenvalue weighted by atomic mass is 32.2. The molecular weight excluding hydrogens is 408 g/mol. The zero-order chi connectivity index (χ0) is 21.6. The molecule has 1 amide bonds. The monoisotopic (exact) mass is 434 g/mol. The molecule has 0 aliphatic rings. The van der Waals surface area contributed by atoms with Crippen molar-refractivity contribution in [2.45, 2.75) is 45.1 Å². The molecule has 0 radical (unpaired) electrons. The average Bonchev–Trinajstić information content (AvgIpc) is 2.68. The minimum Gasteiger partial charge on any atom is -0.331 e. The van der Waals surface area contributed by atoms with Gasteiger partial charge in [-0.05, 0) is 74.8 Å². The second-order valence-corrected chi connectivity index (χ2v) is 8.88. The summed E-state index contributed by atoms with van der Waals surface area (Å²) in [5, 5.41) is 3.30. The summed E-state index contributed by atoms with van der Waals surface area (Å²) >= 11 is 5.22. The molecule has 2 aromatic carbocycles. The summed E-state index contributed by atoms with van der Waals surface area (Å²) in [5.74, 6) is -0.436. The second-order valence-electron chi connectivity index (χ2n) is 6.76. The van der Waals surface area contributed by atoms with Gasteiger partial charge in [-0.1, -0.05) is 25.1 Å². The van der Waals surface area contributed by atoms with Gasteiger partial charge in [0.1, 0.15) is 0 Å². The molecule has 0 saturated carbocycles. The number of para-hydroxylation sites is 1. The summed E-state index contributed by atoms with van der Waals surface area (Å²) in [6.07, 6.45) is 0.682. The van der Waals surface area contributed by atoms with Crippen LogP contribution in [0.2, 0.25) is 0 Å². The number of carbonyl (C=O) groups excluding carboxylic acids is 1. The van der Waals surface area contributed by atoms with E-state index in [1.165, 1.54) is 24.3 Å². The molecule has 7 nitrogen and oxygen atoms in total. The minimum atomic E-state index is -3.61. The summed E-state index contributed by atoms with van der Waals surface area (Å²) in [6.45, 7) is 7.61. The Hall–Kier alpha value is -2.49. The molecule has 0 fully saturated rings.